The van der Waals surface area contributed by atoms with E-state index in [1.165, 1.54) is 24.1 Å². The largest absolute Gasteiger partial charge is 0.497 e. The number of hydrogen-bond acceptors (Lipinski definition) is 6. The van der Waals surface area contributed by atoms with E-state index in [-0.39, 0.29) is 29.1 Å². The maximum Gasteiger partial charge on any atom is 0.264 e. The van der Waals surface area contributed by atoms with Crippen molar-refractivity contribution < 1.29 is 27.5 Å². The van der Waals surface area contributed by atoms with Gasteiger partial charge in [-0.15, -0.1) is 0 Å². The van der Waals surface area contributed by atoms with Crippen LogP contribution in [-0.2, 0) is 26.2 Å². The molecular formula is C31H39N3O6S. The van der Waals surface area contributed by atoms with Crippen molar-refractivity contribution in [3.63, 3.8) is 0 Å². The second kappa shape index (κ2) is 14.0. The van der Waals surface area contributed by atoms with Crippen molar-refractivity contribution in [2.45, 2.75) is 57.6 Å². The number of nitrogens with zero attached hydrogens (tertiary/aromatic N) is 2. The van der Waals surface area contributed by atoms with Crippen molar-refractivity contribution in [2.75, 3.05) is 25.1 Å². The Morgan fingerprint density at radius 3 is 2.12 bits per heavy atom. The van der Waals surface area contributed by atoms with Crippen molar-refractivity contribution in [1.29, 1.82) is 0 Å². The summed E-state index contributed by atoms with van der Waals surface area (Å²) in [4.78, 5) is 28.6. The molecule has 0 saturated carbocycles. The van der Waals surface area contributed by atoms with E-state index in [1.54, 1.807) is 68.6 Å². The highest BCUT2D eigenvalue weighted by Gasteiger charge is 2.33. The van der Waals surface area contributed by atoms with Crippen LogP contribution in [0.1, 0.15) is 38.3 Å². The molecule has 0 aromatic heterocycles. The lowest BCUT2D eigenvalue weighted by Crippen LogP contribution is -2.52. The van der Waals surface area contributed by atoms with Gasteiger partial charge in [-0.2, -0.15) is 0 Å². The number of sulfonamides is 1. The Hall–Kier alpha value is -4.05. The number of anilines is 1. The molecule has 0 fully saturated rings. The lowest BCUT2D eigenvalue weighted by atomic mass is 10.1. The summed E-state index contributed by atoms with van der Waals surface area (Å²) in [5.41, 5.74) is 1.93. The summed E-state index contributed by atoms with van der Waals surface area (Å²) in [5, 5.41) is 2.93. The molecule has 220 valence electrons. The van der Waals surface area contributed by atoms with Gasteiger partial charge in [-0.05, 0) is 81.3 Å². The Morgan fingerprint density at radius 1 is 0.902 bits per heavy atom. The molecule has 0 heterocycles. The van der Waals surface area contributed by atoms with E-state index in [2.05, 4.69) is 5.32 Å². The first-order valence-corrected chi connectivity index (χ1v) is 14.9. The molecule has 0 saturated heterocycles. The fourth-order valence-corrected chi connectivity index (χ4v) is 5.54. The molecule has 2 amide bonds. The fraction of sp³-hybridized carbons (Fsp3) is 0.355. The molecule has 0 radical (unpaired) electrons. The van der Waals surface area contributed by atoms with Crippen LogP contribution in [0.25, 0.3) is 0 Å². The number of carbonyl (C=O) groups is 2. The second-order valence-electron chi connectivity index (χ2n) is 9.89. The Morgan fingerprint density at radius 2 is 1.54 bits per heavy atom. The molecule has 0 aliphatic rings. The normalized spacial score (nSPS) is 12.6. The molecule has 1 N–H and O–H groups in total. The average Bonchev–Trinajstić information content (AvgIpc) is 2.98. The molecule has 10 heteroatoms. The zero-order chi connectivity index (χ0) is 30.2. The first kappa shape index (κ1) is 31.5. The van der Waals surface area contributed by atoms with Gasteiger partial charge in [0.25, 0.3) is 10.0 Å². The van der Waals surface area contributed by atoms with E-state index < -0.39 is 28.5 Å². The van der Waals surface area contributed by atoms with E-state index in [0.29, 0.717) is 11.5 Å². The maximum atomic E-state index is 14.0. The van der Waals surface area contributed by atoms with Crippen LogP contribution in [0, 0.1) is 6.92 Å². The van der Waals surface area contributed by atoms with Crippen LogP contribution in [0.3, 0.4) is 0 Å². The number of hydrogen-bond donors (Lipinski definition) is 1. The summed E-state index contributed by atoms with van der Waals surface area (Å²) in [6, 6.07) is 19.1. The van der Waals surface area contributed by atoms with Crippen molar-refractivity contribution in [3.05, 3.63) is 83.9 Å². The summed E-state index contributed by atoms with van der Waals surface area (Å²) < 4.78 is 39.5. The van der Waals surface area contributed by atoms with E-state index in [1.807, 2.05) is 26.8 Å². The van der Waals surface area contributed by atoms with E-state index in [0.717, 1.165) is 21.9 Å². The van der Waals surface area contributed by atoms with Gasteiger partial charge >= 0.3 is 0 Å². The number of benzene rings is 3. The smallest absolute Gasteiger partial charge is 0.264 e. The molecule has 3 aromatic rings. The second-order valence-corrected chi connectivity index (χ2v) is 11.8. The van der Waals surface area contributed by atoms with Crippen LogP contribution in [0.15, 0.2) is 77.7 Å². The number of rotatable bonds is 13. The molecule has 0 unspecified atom stereocenters. The molecule has 3 aromatic carbocycles. The predicted molar refractivity (Wildman–Crippen MR) is 160 cm³/mol. The molecule has 9 nitrogen and oxygen atoms in total. The third-order valence-electron chi connectivity index (χ3n) is 6.90. The summed E-state index contributed by atoms with van der Waals surface area (Å²) in [6.45, 7) is 6.90. The highest BCUT2D eigenvalue weighted by Crippen LogP contribution is 2.27. The SMILES string of the molecule is CC[C@H](C)NC(=O)[C@H](C)N(Cc1cccc(OC)c1)C(=O)CN(c1ccc(OC)cc1)S(=O)(=O)c1ccc(C)cc1. The minimum absolute atomic E-state index is 0.0497. The van der Waals surface area contributed by atoms with Crippen molar-refractivity contribution in [2.24, 2.45) is 0 Å². The minimum Gasteiger partial charge on any atom is -0.497 e. The van der Waals surface area contributed by atoms with E-state index >= 15 is 0 Å². The zero-order valence-electron chi connectivity index (χ0n) is 24.5. The molecule has 0 bridgehead atoms. The molecule has 0 aliphatic carbocycles. The first-order chi connectivity index (χ1) is 19.5. The molecule has 3 rings (SSSR count). The van der Waals surface area contributed by atoms with Crippen LogP contribution < -0.4 is 19.1 Å². The molecule has 41 heavy (non-hydrogen) atoms. The topological polar surface area (TPSA) is 105 Å². The monoisotopic (exact) mass is 581 g/mol. The quantitative estimate of drug-likeness (QED) is 0.318. The van der Waals surface area contributed by atoms with Gasteiger partial charge in [-0.3, -0.25) is 13.9 Å². The number of nitrogens with one attached hydrogen (secondary N) is 1. The predicted octanol–water partition coefficient (Wildman–Crippen LogP) is 4.54. The average molecular weight is 582 g/mol. The van der Waals surface area contributed by atoms with Crippen molar-refractivity contribution in [1.82, 2.24) is 10.2 Å². The Bertz CT molecular complexity index is 1420. The molecule has 2 atom stereocenters. The highest BCUT2D eigenvalue weighted by molar-refractivity contribution is 7.92. The number of aryl methyl sites for hydroxylation is 1. The van der Waals surface area contributed by atoms with Gasteiger partial charge < -0.3 is 19.7 Å². The van der Waals surface area contributed by atoms with Gasteiger partial charge in [-0.1, -0.05) is 36.8 Å². The maximum absolute atomic E-state index is 14.0. The van der Waals surface area contributed by atoms with E-state index in [4.69, 9.17) is 9.47 Å². The van der Waals surface area contributed by atoms with Gasteiger partial charge in [0.15, 0.2) is 0 Å². The summed E-state index contributed by atoms with van der Waals surface area (Å²) in [5.74, 6) is 0.287. The fourth-order valence-electron chi connectivity index (χ4n) is 4.13. The van der Waals surface area contributed by atoms with Crippen LogP contribution >= 0.6 is 0 Å². The van der Waals surface area contributed by atoms with Crippen LogP contribution in [0.5, 0.6) is 11.5 Å². The summed E-state index contributed by atoms with van der Waals surface area (Å²) in [6.07, 6.45) is 0.725. The van der Waals surface area contributed by atoms with Crippen molar-refractivity contribution >= 4 is 27.5 Å². The third-order valence-corrected chi connectivity index (χ3v) is 8.69. The Kier molecular flexibility index (Phi) is 10.8. The number of methoxy groups -OCH3 is 2. The number of amides is 2. The van der Waals surface area contributed by atoms with Crippen LogP contribution in [0.4, 0.5) is 5.69 Å². The van der Waals surface area contributed by atoms with E-state index in [9.17, 15) is 18.0 Å². The van der Waals surface area contributed by atoms with Gasteiger partial charge in [0.05, 0.1) is 24.8 Å². The van der Waals surface area contributed by atoms with Crippen molar-refractivity contribution in [3.8, 4) is 11.5 Å². The lowest BCUT2D eigenvalue weighted by Gasteiger charge is -2.32. The number of carbonyl (C=O) groups excluding carboxylic acids is 2. The Labute approximate surface area is 243 Å². The van der Waals surface area contributed by atoms with Gasteiger partial charge in [0.1, 0.15) is 24.1 Å². The molecular weight excluding hydrogens is 542 g/mol. The summed E-state index contributed by atoms with van der Waals surface area (Å²) >= 11 is 0. The van der Waals surface area contributed by atoms with Crippen LogP contribution in [0.2, 0.25) is 0 Å². The van der Waals surface area contributed by atoms with Gasteiger partial charge in [-0.25, -0.2) is 8.42 Å². The number of ether oxygens (including phenoxy) is 2. The minimum atomic E-state index is -4.15. The van der Waals surface area contributed by atoms with Gasteiger partial charge in [0, 0.05) is 12.6 Å². The summed E-state index contributed by atoms with van der Waals surface area (Å²) in [7, 11) is -1.08. The van der Waals surface area contributed by atoms with Crippen LogP contribution in [-0.4, -0.2) is 58.0 Å². The standard InChI is InChI=1S/C31H39N3O6S/c1-7-23(3)32-31(36)24(4)33(20-25-9-8-10-28(19-25)40-6)30(35)21-34(26-13-15-27(39-5)16-14-26)41(37,38)29-17-11-22(2)12-18-29/h8-19,23-24H,7,20-21H2,1-6H3,(H,32,36)/t23-,24-/m0/s1. The Balaban J connectivity index is 2.04. The highest BCUT2D eigenvalue weighted by atomic mass is 32.2. The van der Waals surface area contributed by atoms with Gasteiger partial charge in [0.2, 0.25) is 11.8 Å². The molecule has 0 spiro atoms. The lowest BCUT2D eigenvalue weighted by molar-refractivity contribution is -0.139. The zero-order valence-corrected chi connectivity index (χ0v) is 25.3. The molecule has 0 aliphatic heterocycles. The first-order valence-electron chi connectivity index (χ1n) is 13.5. The third kappa shape index (κ3) is 8.00.